The first-order valence-electron chi connectivity index (χ1n) is 8.51. The largest absolute Gasteiger partial charge is 0.351 e. The molecule has 0 bridgehead atoms. The first-order valence-corrected chi connectivity index (χ1v) is 10.00. The third-order valence-electron chi connectivity index (χ3n) is 4.65. The summed E-state index contributed by atoms with van der Waals surface area (Å²) in [7, 11) is -3.65. The SMILES string of the molecule is C=CCNS(=O)(=O)c1cccc(C(=O)NCC2(c3ccccc3)CC2)c1. The second-order valence-corrected chi connectivity index (χ2v) is 8.26. The molecule has 3 rings (SSSR count). The zero-order valence-corrected chi connectivity index (χ0v) is 15.3. The highest BCUT2D eigenvalue weighted by atomic mass is 32.2. The molecule has 0 spiro atoms. The lowest BCUT2D eigenvalue weighted by Crippen LogP contribution is -2.32. The van der Waals surface area contributed by atoms with Gasteiger partial charge in [0, 0.05) is 24.1 Å². The highest BCUT2D eigenvalue weighted by Crippen LogP contribution is 2.47. The average Bonchev–Trinajstić information content (AvgIpc) is 3.46. The van der Waals surface area contributed by atoms with Crippen LogP contribution in [0.15, 0.2) is 72.1 Å². The van der Waals surface area contributed by atoms with E-state index in [4.69, 9.17) is 0 Å². The maximum Gasteiger partial charge on any atom is 0.251 e. The second-order valence-electron chi connectivity index (χ2n) is 6.50. The zero-order valence-electron chi connectivity index (χ0n) is 14.4. The Morgan fingerprint density at radius 1 is 1.12 bits per heavy atom. The van der Waals surface area contributed by atoms with Crippen molar-refractivity contribution in [1.29, 1.82) is 0 Å². The number of carbonyl (C=O) groups excluding carboxylic acids is 1. The Bertz CT molecular complexity index is 904. The summed E-state index contributed by atoms with van der Waals surface area (Å²) in [5.74, 6) is -0.270. The van der Waals surface area contributed by atoms with Gasteiger partial charge >= 0.3 is 0 Å². The lowest BCUT2D eigenvalue weighted by molar-refractivity contribution is 0.0949. The topological polar surface area (TPSA) is 75.3 Å². The van der Waals surface area contributed by atoms with Gasteiger partial charge in [0.1, 0.15) is 0 Å². The standard InChI is InChI=1S/C20H22N2O3S/c1-2-13-22-26(24,25)18-10-6-7-16(14-18)19(23)21-15-20(11-12-20)17-8-4-3-5-9-17/h2-10,14,22H,1,11-13,15H2,(H,21,23). The summed E-state index contributed by atoms with van der Waals surface area (Å²) in [4.78, 5) is 12.6. The van der Waals surface area contributed by atoms with Gasteiger partial charge in [-0.1, -0.05) is 42.5 Å². The van der Waals surface area contributed by atoms with E-state index in [1.165, 1.54) is 23.8 Å². The van der Waals surface area contributed by atoms with Gasteiger partial charge in [0.2, 0.25) is 10.0 Å². The number of carbonyl (C=O) groups is 1. The minimum Gasteiger partial charge on any atom is -0.351 e. The van der Waals surface area contributed by atoms with Crippen LogP contribution in [0.3, 0.4) is 0 Å². The maximum absolute atomic E-state index is 12.5. The minimum absolute atomic E-state index is 0.00607. The van der Waals surface area contributed by atoms with Crippen LogP contribution in [0.5, 0.6) is 0 Å². The molecular formula is C20H22N2O3S. The molecule has 0 saturated heterocycles. The van der Waals surface area contributed by atoms with Crippen molar-refractivity contribution in [3.05, 3.63) is 78.4 Å². The van der Waals surface area contributed by atoms with Crippen molar-refractivity contribution < 1.29 is 13.2 Å². The Hall–Kier alpha value is -2.44. The molecule has 1 saturated carbocycles. The first-order chi connectivity index (χ1) is 12.5. The van der Waals surface area contributed by atoms with E-state index >= 15 is 0 Å². The van der Waals surface area contributed by atoms with Crippen LogP contribution in [0.1, 0.15) is 28.8 Å². The predicted octanol–water partition coefficient (Wildman–Crippen LogP) is 2.61. The summed E-state index contributed by atoms with van der Waals surface area (Å²) in [6.07, 6.45) is 3.54. The third kappa shape index (κ3) is 4.03. The second kappa shape index (κ2) is 7.43. The van der Waals surface area contributed by atoms with Crippen molar-refractivity contribution in [3.8, 4) is 0 Å². The van der Waals surface area contributed by atoms with E-state index < -0.39 is 10.0 Å². The monoisotopic (exact) mass is 370 g/mol. The number of nitrogens with one attached hydrogen (secondary N) is 2. The van der Waals surface area contributed by atoms with E-state index in [2.05, 4.69) is 28.8 Å². The average molecular weight is 370 g/mol. The van der Waals surface area contributed by atoms with Gasteiger partial charge in [-0.3, -0.25) is 4.79 Å². The van der Waals surface area contributed by atoms with Gasteiger partial charge in [0.25, 0.3) is 5.91 Å². The molecule has 0 heterocycles. The Kier molecular flexibility index (Phi) is 5.25. The summed E-state index contributed by atoms with van der Waals surface area (Å²) >= 11 is 0. The van der Waals surface area contributed by atoms with Crippen LogP contribution in [-0.2, 0) is 15.4 Å². The van der Waals surface area contributed by atoms with Crippen LogP contribution in [-0.4, -0.2) is 27.4 Å². The van der Waals surface area contributed by atoms with E-state index in [0.29, 0.717) is 12.1 Å². The molecule has 26 heavy (non-hydrogen) atoms. The third-order valence-corrected chi connectivity index (χ3v) is 6.07. The molecule has 0 aliphatic heterocycles. The van der Waals surface area contributed by atoms with Crippen molar-refractivity contribution in [1.82, 2.24) is 10.0 Å². The number of sulfonamides is 1. The molecular weight excluding hydrogens is 348 g/mol. The molecule has 2 N–H and O–H groups in total. The zero-order chi connectivity index (χ0) is 18.6. The highest BCUT2D eigenvalue weighted by molar-refractivity contribution is 7.89. The predicted molar refractivity (Wildman–Crippen MR) is 102 cm³/mol. The smallest absolute Gasteiger partial charge is 0.251 e. The summed E-state index contributed by atoms with van der Waals surface area (Å²) in [5.41, 5.74) is 1.56. The quantitative estimate of drug-likeness (QED) is 0.702. The van der Waals surface area contributed by atoms with Crippen LogP contribution in [0.4, 0.5) is 0 Å². The number of rotatable bonds is 8. The molecule has 1 aliphatic carbocycles. The van der Waals surface area contributed by atoms with Crippen molar-refractivity contribution in [3.63, 3.8) is 0 Å². The van der Waals surface area contributed by atoms with E-state index in [1.54, 1.807) is 12.1 Å². The molecule has 0 unspecified atom stereocenters. The lowest BCUT2D eigenvalue weighted by Gasteiger charge is -2.16. The van der Waals surface area contributed by atoms with Gasteiger partial charge in [-0.05, 0) is 36.6 Å². The van der Waals surface area contributed by atoms with E-state index in [-0.39, 0.29) is 22.8 Å². The van der Waals surface area contributed by atoms with Gasteiger partial charge in [0.15, 0.2) is 0 Å². The van der Waals surface area contributed by atoms with Gasteiger partial charge in [-0.2, -0.15) is 0 Å². The van der Waals surface area contributed by atoms with Crippen molar-refractivity contribution in [2.45, 2.75) is 23.2 Å². The molecule has 1 amide bonds. The van der Waals surface area contributed by atoms with Crippen LogP contribution in [0, 0.1) is 0 Å². The maximum atomic E-state index is 12.5. The molecule has 6 heteroatoms. The van der Waals surface area contributed by atoms with Crippen molar-refractivity contribution in [2.24, 2.45) is 0 Å². The molecule has 0 atom stereocenters. The van der Waals surface area contributed by atoms with Gasteiger partial charge < -0.3 is 5.32 Å². The summed E-state index contributed by atoms with van der Waals surface area (Å²) in [6.45, 7) is 4.17. The molecule has 0 aromatic heterocycles. The number of hydrogen-bond donors (Lipinski definition) is 2. The fourth-order valence-corrected chi connectivity index (χ4v) is 3.96. The molecule has 2 aromatic carbocycles. The molecule has 136 valence electrons. The van der Waals surface area contributed by atoms with E-state index in [9.17, 15) is 13.2 Å². The van der Waals surface area contributed by atoms with Gasteiger partial charge in [-0.15, -0.1) is 6.58 Å². The van der Waals surface area contributed by atoms with Crippen molar-refractivity contribution >= 4 is 15.9 Å². The van der Waals surface area contributed by atoms with Crippen LogP contribution >= 0.6 is 0 Å². The number of amides is 1. The molecule has 2 aromatic rings. The molecule has 1 fully saturated rings. The van der Waals surface area contributed by atoms with E-state index in [0.717, 1.165) is 12.8 Å². The number of benzene rings is 2. The fourth-order valence-electron chi connectivity index (χ4n) is 2.92. The van der Waals surface area contributed by atoms with E-state index in [1.807, 2.05) is 18.2 Å². The van der Waals surface area contributed by atoms with Gasteiger partial charge in [0.05, 0.1) is 4.90 Å². The van der Waals surface area contributed by atoms with Crippen LogP contribution in [0.25, 0.3) is 0 Å². The van der Waals surface area contributed by atoms with Crippen LogP contribution in [0.2, 0.25) is 0 Å². The Balaban J connectivity index is 1.69. The molecule has 5 nitrogen and oxygen atoms in total. The van der Waals surface area contributed by atoms with Gasteiger partial charge in [-0.25, -0.2) is 13.1 Å². The number of hydrogen-bond acceptors (Lipinski definition) is 3. The molecule has 1 aliphatic rings. The highest BCUT2D eigenvalue weighted by Gasteiger charge is 2.44. The molecule has 0 radical (unpaired) electrons. The normalized spacial score (nSPS) is 15.2. The Morgan fingerprint density at radius 3 is 2.50 bits per heavy atom. The lowest BCUT2D eigenvalue weighted by atomic mass is 9.96. The summed E-state index contributed by atoms with van der Waals surface area (Å²) in [6, 6.07) is 16.2. The Morgan fingerprint density at radius 2 is 1.85 bits per heavy atom. The summed E-state index contributed by atoms with van der Waals surface area (Å²) in [5, 5.41) is 2.95. The first kappa shape index (κ1) is 18.4. The summed E-state index contributed by atoms with van der Waals surface area (Å²) < 4.78 is 26.8. The minimum atomic E-state index is -3.65. The van der Waals surface area contributed by atoms with Crippen molar-refractivity contribution in [2.75, 3.05) is 13.1 Å². The Labute approximate surface area is 154 Å². The van der Waals surface area contributed by atoms with Crippen LogP contribution < -0.4 is 10.0 Å². The fraction of sp³-hybridized carbons (Fsp3) is 0.250.